The van der Waals surface area contributed by atoms with Crippen LogP contribution in [0.2, 0.25) is 0 Å². The van der Waals surface area contributed by atoms with E-state index < -0.39 is 7.82 Å². The molecule has 0 rings (SSSR count). The van der Waals surface area contributed by atoms with Gasteiger partial charge in [-0.15, -0.1) is 0 Å². The third-order valence-corrected chi connectivity index (χ3v) is 0.577. The van der Waals surface area contributed by atoms with Gasteiger partial charge in [0.15, 0.2) is 0 Å². The van der Waals surface area contributed by atoms with Gasteiger partial charge in [0.25, 0.3) is 0 Å². The number of hydrogen-bond donors (Lipinski definition) is 5. The fourth-order valence-electron chi connectivity index (χ4n) is 0. The summed E-state index contributed by atoms with van der Waals surface area (Å²) in [6.45, 7) is 5.75. The van der Waals surface area contributed by atoms with E-state index in [4.69, 9.17) is 30.7 Å². The molecule has 7 N–H and O–H groups in total. The van der Waals surface area contributed by atoms with Crippen LogP contribution in [0, 0.1) is 0 Å². The van der Waals surface area contributed by atoms with E-state index in [1.807, 2.05) is 0 Å². The molecule has 0 saturated carbocycles. The Morgan fingerprint density at radius 3 is 1.08 bits per heavy atom. The van der Waals surface area contributed by atoms with Gasteiger partial charge in [-0.2, -0.15) is 0 Å². The molecule has 0 bridgehead atoms. The van der Waals surface area contributed by atoms with Gasteiger partial charge in [0, 0.05) is 0 Å². The second-order valence-corrected chi connectivity index (χ2v) is 3.12. The highest BCUT2D eigenvalue weighted by molar-refractivity contribution is 7.45. The highest BCUT2D eigenvalue weighted by Crippen LogP contribution is 2.25. The topological polar surface area (TPSA) is 130 Å². The minimum absolute atomic E-state index is 0.819. The van der Waals surface area contributed by atoms with E-state index in [1.54, 1.807) is 0 Å². The fourth-order valence-corrected chi connectivity index (χ4v) is 0. The number of rotatable bonds is 2. The molecule has 0 aromatic carbocycles. The lowest BCUT2D eigenvalue weighted by atomic mass is 10.5. The highest BCUT2D eigenvalue weighted by Gasteiger charge is 2.00. The van der Waals surface area contributed by atoms with Gasteiger partial charge in [0.1, 0.15) is 0 Å². The van der Waals surface area contributed by atoms with Crippen LogP contribution in [0.3, 0.4) is 0 Å². The van der Waals surface area contributed by atoms with Crippen LogP contribution in [0.15, 0.2) is 0 Å². The van der Waals surface area contributed by atoms with Crippen LogP contribution < -0.4 is 11.5 Å². The lowest BCUT2D eigenvalue weighted by Gasteiger charge is -1.82. The van der Waals surface area contributed by atoms with E-state index in [9.17, 15) is 0 Å². The quantitative estimate of drug-likeness (QED) is 0.406. The highest BCUT2D eigenvalue weighted by atomic mass is 31.2. The Kier molecular flexibility index (Phi) is 21.0. The van der Waals surface area contributed by atoms with Crippen LogP contribution in [-0.2, 0) is 4.57 Å². The Morgan fingerprint density at radius 1 is 1.00 bits per heavy atom. The summed E-state index contributed by atoms with van der Waals surface area (Å²) >= 11 is 0. The molecular weight excluding hydrogens is 195 g/mol. The minimum atomic E-state index is -4.64. The van der Waals surface area contributed by atoms with Gasteiger partial charge < -0.3 is 26.1 Å². The first kappa shape index (κ1) is 18.7. The number of phosphoric acid groups is 1. The largest absolute Gasteiger partial charge is 0.466 e. The van der Waals surface area contributed by atoms with Gasteiger partial charge in [0.05, 0.1) is 0 Å². The summed E-state index contributed by atoms with van der Waals surface area (Å²) in [5.41, 5.74) is 10.1. The Bertz CT molecular complexity index is 101. The molecule has 0 unspecified atom stereocenters. The molecule has 0 aromatic heterocycles. The van der Waals surface area contributed by atoms with Gasteiger partial charge in [-0.1, -0.05) is 13.8 Å². The molecule has 0 radical (unpaired) electrons. The third-order valence-electron chi connectivity index (χ3n) is 0.577. The smallest absolute Gasteiger partial charge is 0.330 e. The molecule has 13 heavy (non-hydrogen) atoms. The van der Waals surface area contributed by atoms with Gasteiger partial charge in [-0.3, -0.25) is 0 Å². The SMILES string of the molecule is CCCN.CCCN.O=P(O)(O)O. The van der Waals surface area contributed by atoms with Crippen molar-refractivity contribution in [3.8, 4) is 0 Å². The van der Waals surface area contributed by atoms with Crippen molar-refractivity contribution in [2.24, 2.45) is 11.5 Å². The van der Waals surface area contributed by atoms with Gasteiger partial charge in [-0.05, 0) is 25.9 Å². The molecule has 0 fully saturated rings. The Labute approximate surface area is 79.2 Å². The second kappa shape index (κ2) is 14.5. The van der Waals surface area contributed by atoms with Crippen LogP contribution in [-0.4, -0.2) is 27.8 Å². The number of nitrogens with two attached hydrogens (primary N) is 2. The fraction of sp³-hybridized carbons (Fsp3) is 1.00. The van der Waals surface area contributed by atoms with E-state index >= 15 is 0 Å². The average Bonchev–Trinajstić information content (AvgIpc) is 2.01. The molecular formula is C6H21N2O4P. The van der Waals surface area contributed by atoms with Crippen molar-refractivity contribution in [3.05, 3.63) is 0 Å². The van der Waals surface area contributed by atoms with Crippen molar-refractivity contribution in [2.45, 2.75) is 26.7 Å². The standard InChI is InChI=1S/2C3H9N.H3O4P/c2*1-2-3-4;1-5(2,3)4/h2*2-4H2,1H3;(H3,1,2,3,4). The molecule has 84 valence electrons. The van der Waals surface area contributed by atoms with Crippen LogP contribution in [0.4, 0.5) is 0 Å². The minimum Gasteiger partial charge on any atom is -0.330 e. The third kappa shape index (κ3) is 294. The van der Waals surface area contributed by atoms with E-state index in [2.05, 4.69) is 13.8 Å². The van der Waals surface area contributed by atoms with Crippen LogP contribution >= 0.6 is 7.82 Å². The molecule has 0 amide bonds. The van der Waals surface area contributed by atoms with Crippen molar-refractivity contribution >= 4 is 7.82 Å². The van der Waals surface area contributed by atoms with Crippen LogP contribution in [0.5, 0.6) is 0 Å². The maximum Gasteiger partial charge on any atom is 0.466 e. The van der Waals surface area contributed by atoms with E-state index in [-0.39, 0.29) is 0 Å². The summed E-state index contributed by atoms with van der Waals surface area (Å²) in [6, 6.07) is 0. The molecule has 0 aliphatic carbocycles. The van der Waals surface area contributed by atoms with Gasteiger partial charge >= 0.3 is 7.82 Å². The Hall–Kier alpha value is 0.0300. The molecule has 0 atom stereocenters. The average molecular weight is 216 g/mol. The first-order chi connectivity index (χ1) is 5.83. The van der Waals surface area contributed by atoms with Gasteiger partial charge in [-0.25, -0.2) is 4.57 Å². The van der Waals surface area contributed by atoms with E-state index in [0.717, 1.165) is 25.9 Å². The summed E-state index contributed by atoms with van der Waals surface area (Å²) in [5.74, 6) is 0. The van der Waals surface area contributed by atoms with Crippen LogP contribution in [0.1, 0.15) is 26.7 Å². The summed E-state index contributed by atoms with van der Waals surface area (Å²) in [5, 5.41) is 0. The first-order valence-electron chi connectivity index (χ1n) is 4.01. The first-order valence-corrected chi connectivity index (χ1v) is 5.58. The molecule has 0 aromatic rings. The maximum absolute atomic E-state index is 8.88. The number of hydrogen-bond acceptors (Lipinski definition) is 3. The van der Waals surface area contributed by atoms with E-state index in [0.29, 0.717) is 0 Å². The Balaban J connectivity index is -0.000000117. The van der Waals surface area contributed by atoms with Crippen molar-refractivity contribution in [2.75, 3.05) is 13.1 Å². The van der Waals surface area contributed by atoms with Crippen molar-refractivity contribution in [1.82, 2.24) is 0 Å². The Morgan fingerprint density at radius 2 is 1.08 bits per heavy atom. The van der Waals surface area contributed by atoms with Crippen molar-refractivity contribution in [3.63, 3.8) is 0 Å². The summed E-state index contributed by atoms with van der Waals surface area (Å²) in [6.07, 6.45) is 2.19. The predicted molar refractivity (Wildman–Crippen MR) is 53.0 cm³/mol. The van der Waals surface area contributed by atoms with E-state index in [1.165, 1.54) is 0 Å². The molecule has 0 aliphatic rings. The molecule has 6 nitrogen and oxygen atoms in total. The zero-order valence-electron chi connectivity index (χ0n) is 8.18. The summed E-state index contributed by atoms with van der Waals surface area (Å²) < 4.78 is 8.88. The zero-order chi connectivity index (χ0) is 11.3. The lowest BCUT2D eigenvalue weighted by molar-refractivity contribution is 0.275. The molecule has 0 saturated heterocycles. The predicted octanol–water partition coefficient (Wildman–Crippen LogP) is -0.218. The lowest BCUT2D eigenvalue weighted by Crippen LogP contribution is -1.93. The summed E-state index contributed by atoms with van der Waals surface area (Å²) in [7, 11) is -4.64. The molecule has 7 heteroatoms. The zero-order valence-corrected chi connectivity index (χ0v) is 9.07. The normalized spacial score (nSPS) is 9.15. The van der Waals surface area contributed by atoms with Crippen molar-refractivity contribution < 1.29 is 19.2 Å². The summed E-state index contributed by atoms with van der Waals surface area (Å²) in [4.78, 5) is 21.6. The monoisotopic (exact) mass is 216 g/mol. The molecule has 0 spiro atoms. The molecule has 0 aliphatic heterocycles. The molecule has 0 heterocycles. The van der Waals surface area contributed by atoms with Crippen molar-refractivity contribution in [1.29, 1.82) is 0 Å². The van der Waals surface area contributed by atoms with Crippen LogP contribution in [0.25, 0.3) is 0 Å². The second-order valence-electron chi connectivity index (χ2n) is 2.09. The van der Waals surface area contributed by atoms with Gasteiger partial charge in [0.2, 0.25) is 0 Å². The maximum atomic E-state index is 8.88.